The van der Waals surface area contributed by atoms with Crippen LogP contribution in [0, 0.1) is 11.3 Å². The average molecular weight is 252 g/mol. The first-order valence-corrected chi connectivity index (χ1v) is 5.48. The van der Waals surface area contributed by atoms with Gasteiger partial charge in [0.15, 0.2) is 0 Å². The average Bonchev–Trinajstić information content (AvgIpc) is 2.20. The van der Waals surface area contributed by atoms with E-state index >= 15 is 0 Å². The van der Waals surface area contributed by atoms with E-state index in [1.807, 2.05) is 0 Å². The molecule has 0 aromatic heterocycles. The molecule has 0 bridgehead atoms. The molecule has 0 spiro atoms. The third-order valence-electron chi connectivity index (χ3n) is 3.59. The molecule has 0 aromatic rings. The Morgan fingerprint density at radius 1 is 1.12 bits per heavy atom. The fourth-order valence-corrected chi connectivity index (χ4v) is 2.59. The summed E-state index contributed by atoms with van der Waals surface area (Å²) in [7, 11) is 0. The smallest absolute Gasteiger partial charge is 0.549 e. The largest absolute Gasteiger partial charge is 2.00 e. The van der Waals surface area contributed by atoms with Crippen molar-refractivity contribution in [3.63, 3.8) is 0 Å². The van der Waals surface area contributed by atoms with E-state index in [1.165, 1.54) is 0 Å². The van der Waals surface area contributed by atoms with Gasteiger partial charge in [-0.3, -0.25) is 0 Å². The molecule has 1 aliphatic rings. The normalized spacial score (nSPS) is 17.6. The minimum Gasteiger partial charge on any atom is -0.549 e. The molecular weight excluding hydrogens is 236 g/mol. The van der Waals surface area contributed by atoms with Crippen LogP contribution in [0.4, 0.5) is 0 Å². The molecule has 4 nitrogen and oxygen atoms in total. The van der Waals surface area contributed by atoms with Crippen LogP contribution in [0.5, 0.6) is 0 Å². The van der Waals surface area contributed by atoms with Gasteiger partial charge in [0.05, 0.1) is 17.4 Å². The van der Waals surface area contributed by atoms with Gasteiger partial charge in [0, 0.05) is 0 Å². The second kappa shape index (κ2) is 6.82. The van der Waals surface area contributed by atoms with Gasteiger partial charge in [0.25, 0.3) is 0 Å². The van der Waals surface area contributed by atoms with E-state index in [-0.39, 0.29) is 50.1 Å². The Kier molecular flexibility index (Phi) is 6.90. The van der Waals surface area contributed by atoms with Crippen molar-refractivity contribution < 1.29 is 19.8 Å². The summed E-state index contributed by atoms with van der Waals surface area (Å²) in [5, 5.41) is 22.1. The summed E-state index contributed by atoms with van der Waals surface area (Å²) in [6.45, 7) is 1.57. The summed E-state index contributed by atoms with van der Waals surface area (Å²) < 4.78 is 0. The monoisotopic (exact) mass is 252 g/mol. The van der Waals surface area contributed by atoms with Gasteiger partial charge in [-0.2, -0.15) is 0 Å². The quantitative estimate of drug-likeness (QED) is 0.479. The molecule has 0 radical (unpaired) electrons. The number of carbonyl (C=O) groups excluding carboxylic acids is 2. The molecule has 16 heavy (non-hydrogen) atoms. The zero-order chi connectivity index (χ0) is 11.5. The SMILES string of the molecule is CCC(C(=O)[O-])(C(=O)[O-])C1CCCCC1.[Ca+2]. The molecule has 0 saturated heterocycles. The van der Waals surface area contributed by atoms with Crippen LogP contribution in [0.3, 0.4) is 0 Å². The van der Waals surface area contributed by atoms with Crippen LogP contribution in [0.15, 0.2) is 0 Å². The maximum Gasteiger partial charge on any atom is 2.00 e. The van der Waals surface area contributed by atoms with Gasteiger partial charge in [-0.05, 0) is 25.2 Å². The Labute approximate surface area is 125 Å². The number of hydrogen-bond acceptors (Lipinski definition) is 4. The number of hydrogen-bond donors (Lipinski definition) is 0. The van der Waals surface area contributed by atoms with E-state index in [4.69, 9.17) is 0 Å². The standard InChI is InChI=1S/C11H18O4.Ca/c1-2-11(9(12)13,10(14)15)8-6-4-3-5-7-8;/h8H,2-7H2,1H3,(H,12,13)(H,14,15);/q;+2/p-2. The number of aliphatic carboxylic acids is 2. The zero-order valence-corrected chi connectivity index (χ0v) is 11.9. The summed E-state index contributed by atoms with van der Waals surface area (Å²) in [6, 6.07) is 0. The van der Waals surface area contributed by atoms with Crippen LogP contribution in [-0.4, -0.2) is 49.7 Å². The molecule has 0 aromatic carbocycles. The van der Waals surface area contributed by atoms with E-state index in [0.29, 0.717) is 12.8 Å². The number of carboxylic acid groups (broad SMARTS) is 2. The number of rotatable bonds is 4. The van der Waals surface area contributed by atoms with Crippen molar-refractivity contribution in [2.75, 3.05) is 0 Å². The summed E-state index contributed by atoms with van der Waals surface area (Å²) in [4.78, 5) is 22.1. The molecular formula is C11H16CaO4. The van der Waals surface area contributed by atoms with Crippen molar-refractivity contribution in [2.24, 2.45) is 11.3 Å². The summed E-state index contributed by atoms with van der Waals surface area (Å²) in [5.74, 6) is -3.31. The Morgan fingerprint density at radius 2 is 1.56 bits per heavy atom. The molecule has 1 aliphatic carbocycles. The molecule has 5 heteroatoms. The van der Waals surface area contributed by atoms with Gasteiger partial charge >= 0.3 is 37.7 Å². The van der Waals surface area contributed by atoms with Crippen molar-refractivity contribution in [1.29, 1.82) is 0 Å². The maximum absolute atomic E-state index is 11.1. The van der Waals surface area contributed by atoms with Crippen LogP contribution in [0.2, 0.25) is 0 Å². The molecule has 0 aliphatic heterocycles. The molecule has 0 amide bonds. The zero-order valence-electron chi connectivity index (χ0n) is 9.66. The summed E-state index contributed by atoms with van der Waals surface area (Å²) in [5.41, 5.74) is -1.78. The van der Waals surface area contributed by atoms with Crippen molar-refractivity contribution in [3.05, 3.63) is 0 Å². The van der Waals surface area contributed by atoms with Gasteiger partial charge in [-0.15, -0.1) is 0 Å². The second-order valence-corrected chi connectivity index (χ2v) is 4.23. The van der Waals surface area contributed by atoms with Crippen LogP contribution in [-0.2, 0) is 9.59 Å². The van der Waals surface area contributed by atoms with Gasteiger partial charge in [0.2, 0.25) is 0 Å². The fourth-order valence-electron chi connectivity index (χ4n) is 2.59. The van der Waals surface area contributed by atoms with Crippen LogP contribution < -0.4 is 10.2 Å². The second-order valence-electron chi connectivity index (χ2n) is 4.23. The molecule has 86 valence electrons. The van der Waals surface area contributed by atoms with Crippen LogP contribution in [0.25, 0.3) is 0 Å². The van der Waals surface area contributed by atoms with Crippen LogP contribution in [0.1, 0.15) is 45.4 Å². The van der Waals surface area contributed by atoms with Crippen molar-refractivity contribution in [2.45, 2.75) is 45.4 Å². The van der Waals surface area contributed by atoms with Crippen molar-refractivity contribution in [3.8, 4) is 0 Å². The maximum atomic E-state index is 11.1. The van der Waals surface area contributed by atoms with E-state index in [0.717, 1.165) is 19.3 Å². The minimum atomic E-state index is -1.78. The first-order valence-electron chi connectivity index (χ1n) is 5.48. The summed E-state index contributed by atoms with van der Waals surface area (Å²) in [6.07, 6.45) is 4.18. The minimum absolute atomic E-state index is 0. The fraction of sp³-hybridized carbons (Fsp3) is 0.818. The van der Waals surface area contributed by atoms with E-state index in [9.17, 15) is 19.8 Å². The van der Waals surface area contributed by atoms with Gasteiger partial charge in [-0.25, -0.2) is 0 Å². The predicted molar refractivity (Wildman–Crippen MR) is 55.1 cm³/mol. The third kappa shape index (κ3) is 2.90. The third-order valence-corrected chi connectivity index (χ3v) is 3.59. The Bertz CT molecular complexity index is 245. The van der Waals surface area contributed by atoms with Crippen molar-refractivity contribution in [1.82, 2.24) is 0 Å². The first-order chi connectivity index (χ1) is 7.05. The Balaban J connectivity index is 0.00000225. The van der Waals surface area contributed by atoms with Crippen molar-refractivity contribution >= 4 is 49.7 Å². The number of carboxylic acids is 2. The Hall–Kier alpha value is 0.200. The molecule has 0 N–H and O–H groups in total. The molecule has 1 rings (SSSR count). The predicted octanol–water partition coefficient (Wildman–Crippen LogP) is -0.918. The molecule has 0 atom stereocenters. The van der Waals surface area contributed by atoms with Crippen LogP contribution >= 0.6 is 0 Å². The number of carbonyl (C=O) groups is 2. The summed E-state index contributed by atoms with van der Waals surface area (Å²) >= 11 is 0. The van der Waals surface area contributed by atoms with E-state index in [1.54, 1.807) is 6.92 Å². The molecule has 0 unspecified atom stereocenters. The first kappa shape index (κ1) is 16.2. The topological polar surface area (TPSA) is 80.3 Å². The molecule has 1 saturated carbocycles. The van der Waals surface area contributed by atoms with Gasteiger partial charge in [0.1, 0.15) is 0 Å². The van der Waals surface area contributed by atoms with E-state index < -0.39 is 17.4 Å². The van der Waals surface area contributed by atoms with Gasteiger partial charge in [-0.1, -0.05) is 26.2 Å². The van der Waals surface area contributed by atoms with Gasteiger partial charge < -0.3 is 19.8 Å². The molecule has 0 heterocycles. The molecule has 1 fully saturated rings. The van der Waals surface area contributed by atoms with E-state index in [2.05, 4.69) is 0 Å². The Morgan fingerprint density at radius 3 is 1.88 bits per heavy atom.